The zero-order valence-corrected chi connectivity index (χ0v) is 12.5. The van der Waals surface area contributed by atoms with Crippen molar-refractivity contribution >= 4 is 9.84 Å². The van der Waals surface area contributed by atoms with Crippen LogP contribution in [0.4, 0.5) is 0 Å². The minimum atomic E-state index is -2.77. The third-order valence-corrected chi connectivity index (χ3v) is 7.08. The highest BCUT2D eigenvalue weighted by molar-refractivity contribution is 7.94. The van der Waals surface area contributed by atoms with Gasteiger partial charge in [0, 0.05) is 19.6 Å². The van der Waals surface area contributed by atoms with Gasteiger partial charge in [0.25, 0.3) is 0 Å². The van der Waals surface area contributed by atoms with E-state index in [1.165, 1.54) is 11.1 Å². The van der Waals surface area contributed by atoms with Crippen LogP contribution in [-0.4, -0.2) is 43.5 Å². The normalized spacial score (nSPS) is 28.1. The maximum atomic E-state index is 11.8. The Morgan fingerprint density at radius 3 is 2.40 bits per heavy atom. The van der Waals surface area contributed by atoms with Crippen LogP contribution in [-0.2, 0) is 22.8 Å². The first-order chi connectivity index (χ1) is 9.61. The van der Waals surface area contributed by atoms with Gasteiger partial charge >= 0.3 is 0 Å². The number of hydrogen-bond donors (Lipinski definition) is 1. The molecule has 1 aromatic carbocycles. The molecule has 3 aliphatic heterocycles. The molecule has 2 atom stereocenters. The lowest BCUT2D eigenvalue weighted by molar-refractivity contribution is 0.200. The molecule has 0 saturated carbocycles. The van der Waals surface area contributed by atoms with Crippen LogP contribution in [0.3, 0.4) is 0 Å². The monoisotopic (exact) mass is 294 g/mol. The number of rotatable bonds is 5. The van der Waals surface area contributed by atoms with E-state index >= 15 is 0 Å². The number of aryl methyl sites for hydroxylation is 1. The van der Waals surface area contributed by atoms with Crippen molar-refractivity contribution in [2.24, 2.45) is 5.73 Å². The lowest BCUT2D eigenvalue weighted by Crippen LogP contribution is -2.61. The summed E-state index contributed by atoms with van der Waals surface area (Å²) in [7, 11) is -2.77. The smallest absolute Gasteiger partial charge is 0.158 e. The molecule has 0 aromatic heterocycles. The van der Waals surface area contributed by atoms with Crippen molar-refractivity contribution in [3.8, 4) is 0 Å². The number of sulfone groups is 1. The van der Waals surface area contributed by atoms with Gasteiger partial charge in [-0.25, -0.2) is 8.42 Å². The fourth-order valence-electron chi connectivity index (χ4n) is 3.34. The summed E-state index contributed by atoms with van der Waals surface area (Å²) in [4.78, 5) is 2.29. The number of hydrogen-bond acceptors (Lipinski definition) is 4. The second-order valence-corrected chi connectivity index (χ2v) is 8.44. The highest BCUT2D eigenvalue weighted by atomic mass is 32.2. The van der Waals surface area contributed by atoms with Gasteiger partial charge in [-0.05, 0) is 36.9 Å². The van der Waals surface area contributed by atoms with Crippen LogP contribution < -0.4 is 5.73 Å². The van der Waals surface area contributed by atoms with Crippen molar-refractivity contribution < 1.29 is 8.42 Å². The van der Waals surface area contributed by atoms with Crippen molar-refractivity contribution in [3.05, 3.63) is 35.4 Å². The molecule has 0 spiro atoms. The highest BCUT2D eigenvalue weighted by Gasteiger charge is 2.51. The molecule has 5 heteroatoms. The zero-order valence-electron chi connectivity index (χ0n) is 11.7. The van der Waals surface area contributed by atoms with E-state index < -0.39 is 9.84 Å². The van der Waals surface area contributed by atoms with Gasteiger partial charge in [-0.15, -0.1) is 0 Å². The third kappa shape index (κ3) is 2.50. The van der Waals surface area contributed by atoms with Crippen molar-refractivity contribution in [2.45, 2.75) is 36.3 Å². The molecule has 1 aromatic rings. The summed E-state index contributed by atoms with van der Waals surface area (Å²) in [5.74, 6) is 0. The molecule has 3 aliphatic rings. The molecular formula is C15H22N2O2S. The molecule has 4 nitrogen and oxygen atoms in total. The van der Waals surface area contributed by atoms with E-state index in [4.69, 9.17) is 5.73 Å². The molecule has 110 valence electrons. The number of benzene rings is 1. The zero-order chi connectivity index (χ0) is 14.2. The summed E-state index contributed by atoms with van der Waals surface area (Å²) in [5.41, 5.74) is 8.25. The fourth-order valence-corrected chi connectivity index (χ4v) is 5.36. The van der Waals surface area contributed by atoms with E-state index in [-0.39, 0.29) is 10.5 Å². The van der Waals surface area contributed by atoms with Gasteiger partial charge in [-0.1, -0.05) is 24.3 Å². The van der Waals surface area contributed by atoms with Crippen molar-refractivity contribution in [3.63, 3.8) is 0 Å². The first-order valence-corrected chi connectivity index (χ1v) is 8.94. The van der Waals surface area contributed by atoms with Crippen LogP contribution in [0.1, 0.15) is 24.0 Å². The second kappa shape index (κ2) is 5.47. The summed E-state index contributed by atoms with van der Waals surface area (Å²) in [6, 6.07) is 8.43. The maximum absolute atomic E-state index is 11.8. The Kier molecular flexibility index (Phi) is 3.84. The number of nitrogens with two attached hydrogens (primary N) is 1. The van der Waals surface area contributed by atoms with Gasteiger partial charge in [0.15, 0.2) is 9.84 Å². The van der Waals surface area contributed by atoms with E-state index in [0.717, 1.165) is 25.8 Å². The largest absolute Gasteiger partial charge is 0.330 e. The molecule has 4 rings (SSSR count). The van der Waals surface area contributed by atoms with Crippen LogP contribution >= 0.6 is 0 Å². The molecule has 2 unspecified atom stereocenters. The van der Waals surface area contributed by atoms with Crippen LogP contribution in [0, 0.1) is 0 Å². The van der Waals surface area contributed by atoms with Crippen LogP contribution in [0.2, 0.25) is 0 Å². The standard InChI is InChI=1S/C15H22N2O2S/c16-7-3-6-12-4-1-2-5-13(12)9-17-10-14-8-15(11-17)20(14,18)19/h1-2,4-5,14-15H,3,6-11,16H2. The Labute approximate surface area is 120 Å². The molecule has 0 aliphatic carbocycles. The summed E-state index contributed by atoms with van der Waals surface area (Å²) >= 11 is 0. The number of nitrogens with zero attached hydrogens (tertiary/aromatic N) is 1. The first-order valence-electron chi connectivity index (χ1n) is 7.33. The topological polar surface area (TPSA) is 63.4 Å². The van der Waals surface area contributed by atoms with E-state index in [0.29, 0.717) is 19.6 Å². The lowest BCUT2D eigenvalue weighted by atomic mass is 10.0. The fraction of sp³-hybridized carbons (Fsp3) is 0.600. The van der Waals surface area contributed by atoms with Gasteiger partial charge in [0.2, 0.25) is 0 Å². The molecule has 20 heavy (non-hydrogen) atoms. The minimum Gasteiger partial charge on any atom is -0.330 e. The number of fused-ring (bicyclic) bond motifs is 2. The molecule has 2 bridgehead atoms. The van der Waals surface area contributed by atoms with Crippen molar-refractivity contribution in [1.29, 1.82) is 0 Å². The second-order valence-electron chi connectivity index (χ2n) is 5.92. The first kappa shape index (κ1) is 14.0. The predicted molar refractivity (Wildman–Crippen MR) is 80.2 cm³/mol. The lowest BCUT2D eigenvalue weighted by Gasteiger charge is -2.46. The van der Waals surface area contributed by atoms with Gasteiger partial charge < -0.3 is 5.73 Å². The van der Waals surface area contributed by atoms with Gasteiger partial charge in [-0.3, -0.25) is 4.90 Å². The minimum absolute atomic E-state index is 0.113. The predicted octanol–water partition coefficient (Wildman–Crippen LogP) is 0.949. The van der Waals surface area contributed by atoms with Gasteiger partial charge in [-0.2, -0.15) is 0 Å². The average molecular weight is 294 g/mol. The van der Waals surface area contributed by atoms with Crippen molar-refractivity contribution in [1.82, 2.24) is 4.90 Å². The molecule has 3 heterocycles. The van der Waals surface area contributed by atoms with Gasteiger partial charge in [0.05, 0.1) is 10.5 Å². The SMILES string of the molecule is NCCCc1ccccc1CN1CC2CC(C1)S2(=O)=O. The summed E-state index contributed by atoms with van der Waals surface area (Å²) in [5, 5.41) is -0.227. The maximum Gasteiger partial charge on any atom is 0.158 e. The van der Waals surface area contributed by atoms with Crippen molar-refractivity contribution in [2.75, 3.05) is 19.6 Å². The number of piperidine rings is 1. The molecular weight excluding hydrogens is 272 g/mol. The summed E-state index contributed by atoms with van der Waals surface area (Å²) in [6.45, 7) is 2.97. The summed E-state index contributed by atoms with van der Waals surface area (Å²) < 4.78 is 23.6. The van der Waals surface area contributed by atoms with E-state index in [2.05, 4.69) is 29.2 Å². The van der Waals surface area contributed by atoms with Crippen LogP contribution in [0.5, 0.6) is 0 Å². The van der Waals surface area contributed by atoms with E-state index in [1.54, 1.807) is 0 Å². The molecule has 2 N–H and O–H groups in total. The van der Waals surface area contributed by atoms with E-state index in [1.807, 2.05) is 0 Å². The molecule has 0 radical (unpaired) electrons. The van der Waals surface area contributed by atoms with E-state index in [9.17, 15) is 8.42 Å². The Balaban J connectivity index is 1.67. The average Bonchev–Trinajstić information content (AvgIpc) is 2.46. The molecule has 3 saturated heterocycles. The quantitative estimate of drug-likeness (QED) is 0.878. The Hall–Kier alpha value is -0.910. The Bertz CT molecular complexity index is 567. The highest BCUT2D eigenvalue weighted by Crippen LogP contribution is 2.36. The third-order valence-electron chi connectivity index (χ3n) is 4.54. The van der Waals surface area contributed by atoms with Crippen LogP contribution in [0.15, 0.2) is 24.3 Å². The molecule has 3 fully saturated rings. The van der Waals surface area contributed by atoms with Gasteiger partial charge in [0.1, 0.15) is 0 Å². The molecule has 0 amide bonds. The van der Waals surface area contributed by atoms with Crippen LogP contribution in [0.25, 0.3) is 0 Å². The Morgan fingerprint density at radius 2 is 1.80 bits per heavy atom. The summed E-state index contributed by atoms with van der Waals surface area (Å²) in [6.07, 6.45) is 2.87. The Morgan fingerprint density at radius 1 is 1.15 bits per heavy atom.